The number of Topliss-reactive ketones (excluding diaryl/α,β-unsaturated/α-hetero) is 1. The monoisotopic (exact) mass is 320 g/mol. The topological polar surface area (TPSA) is 69.7 Å². The Morgan fingerprint density at radius 1 is 1.00 bits per heavy atom. The second-order valence-electron chi connectivity index (χ2n) is 5.33. The minimum atomic E-state index is -1.15. The van der Waals surface area contributed by atoms with Crippen molar-refractivity contribution >= 4 is 17.7 Å². The molecule has 0 saturated heterocycles. The van der Waals surface area contributed by atoms with Crippen LogP contribution in [0.2, 0.25) is 0 Å². The number of ether oxygens (including phenoxy) is 2. The maximum atomic E-state index is 12.4. The number of carbonyl (C=O) groups excluding carboxylic acids is 3. The summed E-state index contributed by atoms with van der Waals surface area (Å²) in [6.45, 7) is 5.05. The van der Waals surface area contributed by atoms with Crippen molar-refractivity contribution in [2.75, 3.05) is 0 Å². The molecular weight excluding hydrogens is 296 g/mol. The number of carbonyl (C=O) groups is 3. The maximum Gasteiger partial charge on any atom is 0.352 e. The molecule has 1 aromatic carbocycles. The van der Waals surface area contributed by atoms with Crippen molar-refractivity contribution in [1.82, 2.24) is 0 Å². The van der Waals surface area contributed by atoms with Crippen LogP contribution in [-0.2, 0) is 23.9 Å². The molecule has 2 atom stereocenters. The maximum absolute atomic E-state index is 12.4. The van der Waals surface area contributed by atoms with Crippen LogP contribution in [0.4, 0.5) is 0 Å². The number of hydrogen-bond donors (Lipinski definition) is 0. The Labute approximate surface area is 137 Å². The first-order chi connectivity index (χ1) is 11.0. The van der Waals surface area contributed by atoms with Gasteiger partial charge in [-0.15, -0.1) is 0 Å². The molecule has 0 aliphatic carbocycles. The largest absolute Gasteiger partial charge is 0.451 e. The summed E-state index contributed by atoms with van der Waals surface area (Å²) < 4.78 is 10.4. The highest BCUT2D eigenvalue weighted by Gasteiger charge is 2.30. The van der Waals surface area contributed by atoms with E-state index in [1.54, 1.807) is 30.3 Å². The van der Waals surface area contributed by atoms with E-state index in [1.165, 1.54) is 6.92 Å². The van der Waals surface area contributed by atoms with Crippen LogP contribution in [0.25, 0.3) is 0 Å². The van der Waals surface area contributed by atoms with E-state index in [2.05, 4.69) is 0 Å². The molecule has 0 amide bonds. The van der Waals surface area contributed by atoms with Crippen molar-refractivity contribution in [2.24, 2.45) is 0 Å². The van der Waals surface area contributed by atoms with E-state index in [1.807, 2.05) is 13.8 Å². The molecule has 126 valence electrons. The number of esters is 2. The average Bonchev–Trinajstić information content (AvgIpc) is 2.53. The highest BCUT2D eigenvalue weighted by atomic mass is 16.6. The van der Waals surface area contributed by atoms with E-state index in [0.29, 0.717) is 24.8 Å². The molecule has 0 radical (unpaired) electrons. The molecule has 0 spiro atoms. The summed E-state index contributed by atoms with van der Waals surface area (Å²) in [5, 5.41) is 0. The standard InChI is InChI=1S/C18H24O5/c1-4-9-15(20)16(10-5-2)23-18(21)17(22-13(3)19)14-11-7-6-8-12-14/h6-8,11-12,16-17H,4-5,9-10H2,1-3H3. The number of ketones is 1. The van der Waals surface area contributed by atoms with Gasteiger partial charge in [0.05, 0.1) is 0 Å². The molecule has 1 aromatic rings. The highest BCUT2D eigenvalue weighted by molar-refractivity contribution is 5.87. The number of benzene rings is 1. The van der Waals surface area contributed by atoms with Gasteiger partial charge in [0, 0.05) is 18.9 Å². The highest BCUT2D eigenvalue weighted by Crippen LogP contribution is 2.21. The lowest BCUT2D eigenvalue weighted by molar-refractivity contribution is -0.173. The predicted octanol–water partition coefficient (Wildman–Crippen LogP) is 3.37. The van der Waals surface area contributed by atoms with Crippen LogP contribution in [0.5, 0.6) is 0 Å². The lowest BCUT2D eigenvalue weighted by atomic mass is 10.1. The summed E-state index contributed by atoms with van der Waals surface area (Å²) in [7, 11) is 0. The zero-order valence-corrected chi connectivity index (χ0v) is 13.9. The third-order valence-corrected chi connectivity index (χ3v) is 3.27. The first kappa shape index (κ1) is 18.9. The van der Waals surface area contributed by atoms with Crippen molar-refractivity contribution < 1.29 is 23.9 Å². The van der Waals surface area contributed by atoms with Crippen LogP contribution in [0.15, 0.2) is 30.3 Å². The number of hydrogen-bond acceptors (Lipinski definition) is 5. The molecule has 0 saturated carbocycles. The summed E-state index contributed by atoms with van der Waals surface area (Å²) in [5.41, 5.74) is 0.519. The van der Waals surface area contributed by atoms with Crippen molar-refractivity contribution in [1.29, 1.82) is 0 Å². The first-order valence-electron chi connectivity index (χ1n) is 7.94. The van der Waals surface area contributed by atoms with E-state index in [4.69, 9.17) is 9.47 Å². The molecule has 1 rings (SSSR count). The first-order valence-corrected chi connectivity index (χ1v) is 7.94. The van der Waals surface area contributed by atoms with E-state index in [9.17, 15) is 14.4 Å². The molecule has 23 heavy (non-hydrogen) atoms. The molecule has 0 fully saturated rings. The summed E-state index contributed by atoms with van der Waals surface area (Å²) >= 11 is 0. The van der Waals surface area contributed by atoms with Crippen molar-refractivity contribution in [2.45, 2.75) is 58.7 Å². The minimum Gasteiger partial charge on any atom is -0.451 e. The van der Waals surface area contributed by atoms with Crippen LogP contribution >= 0.6 is 0 Å². The van der Waals surface area contributed by atoms with Crippen LogP contribution in [0.1, 0.15) is 58.1 Å². The molecule has 5 nitrogen and oxygen atoms in total. The number of rotatable bonds is 9. The zero-order valence-electron chi connectivity index (χ0n) is 13.9. The van der Waals surface area contributed by atoms with E-state index in [-0.39, 0.29) is 5.78 Å². The van der Waals surface area contributed by atoms with Gasteiger partial charge in [-0.1, -0.05) is 50.6 Å². The van der Waals surface area contributed by atoms with Gasteiger partial charge in [-0.25, -0.2) is 4.79 Å². The second kappa shape index (κ2) is 9.77. The van der Waals surface area contributed by atoms with Gasteiger partial charge in [0.1, 0.15) is 0 Å². The molecule has 2 unspecified atom stereocenters. The Balaban J connectivity index is 2.90. The van der Waals surface area contributed by atoms with Crippen molar-refractivity contribution in [3.63, 3.8) is 0 Å². The van der Waals surface area contributed by atoms with Crippen molar-refractivity contribution in [3.8, 4) is 0 Å². The lowest BCUT2D eigenvalue weighted by Crippen LogP contribution is -2.31. The molecular formula is C18H24O5. The van der Waals surface area contributed by atoms with Gasteiger partial charge < -0.3 is 9.47 Å². The molecule has 0 bridgehead atoms. The minimum absolute atomic E-state index is 0.0997. The molecule has 0 aliphatic heterocycles. The summed E-state index contributed by atoms with van der Waals surface area (Å²) in [4.78, 5) is 35.8. The fraction of sp³-hybridized carbons (Fsp3) is 0.500. The fourth-order valence-corrected chi connectivity index (χ4v) is 2.20. The van der Waals surface area contributed by atoms with Gasteiger partial charge in [0.25, 0.3) is 0 Å². The molecule has 0 heterocycles. The van der Waals surface area contributed by atoms with Crippen LogP contribution in [0.3, 0.4) is 0 Å². The predicted molar refractivity (Wildman–Crippen MR) is 85.7 cm³/mol. The zero-order chi connectivity index (χ0) is 17.2. The Bertz CT molecular complexity index is 523. The van der Waals surface area contributed by atoms with Crippen LogP contribution < -0.4 is 0 Å². The Morgan fingerprint density at radius 3 is 2.17 bits per heavy atom. The third-order valence-electron chi connectivity index (χ3n) is 3.27. The van der Waals surface area contributed by atoms with E-state index in [0.717, 1.165) is 6.42 Å². The van der Waals surface area contributed by atoms with Gasteiger partial charge in [0.15, 0.2) is 11.9 Å². The normalized spacial score (nSPS) is 13.0. The molecule has 0 aromatic heterocycles. The smallest absolute Gasteiger partial charge is 0.352 e. The molecule has 0 N–H and O–H groups in total. The molecule has 5 heteroatoms. The van der Waals surface area contributed by atoms with Crippen molar-refractivity contribution in [3.05, 3.63) is 35.9 Å². The summed E-state index contributed by atoms with van der Waals surface area (Å²) in [6.07, 6.45) is 0.310. The third kappa shape index (κ3) is 6.22. The quantitative estimate of drug-likeness (QED) is 0.652. The van der Waals surface area contributed by atoms with E-state index < -0.39 is 24.1 Å². The SMILES string of the molecule is CCCC(=O)C(CCC)OC(=O)C(OC(C)=O)c1ccccc1. The lowest BCUT2D eigenvalue weighted by Gasteiger charge is -2.21. The van der Waals surface area contributed by atoms with Gasteiger partial charge >= 0.3 is 11.9 Å². The second-order valence-corrected chi connectivity index (χ2v) is 5.33. The average molecular weight is 320 g/mol. The molecule has 0 aliphatic rings. The Hall–Kier alpha value is -2.17. The van der Waals surface area contributed by atoms with Crippen LogP contribution in [-0.4, -0.2) is 23.8 Å². The van der Waals surface area contributed by atoms with E-state index >= 15 is 0 Å². The Kier molecular flexibility index (Phi) is 8.02. The van der Waals surface area contributed by atoms with Crippen LogP contribution in [0, 0.1) is 0 Å². The van der Waals surface area contributed by atoms with Gasteiger partial charge in [-0.05, 0) is 12.8 Å². The summed E-state index contributed by atoms with van der Waals surface area (Å²) in [5.74, 6) is -1.39. The summed E-state index contributed by atoms with van der Waals surface area (Å²) in [6, 6.07) is 8.63. The van der Waals surface area contributed by atoms with Gasteiger partial charge in [-0.3, -0.25) is 9.59 Å². The van der Waals surface area contributed by atoms with Gasteiger partial charge in [-0.2, -0.15) is 0 Å². The van der Waals surface area contributed by atoms with Gasteiger partial charge in [0.2, 0.25) is 6.10 Å². The fourth-order valence-electron chi connectivity index (χ4n) is 2.20. The Morgan fingerprint density at radius 2 is 1.65 bits per heavy atom.